The molecule has 0 spiro atoms. The van der Waals surface area contributed by atoms with Gasteiger partial charge in [-0.05, 0) is 24.3 Å². The lowest BCUT2D eigenvalue weighted by molar-refractivity contribution is -0.115. The molecule has 0 unspecified atom stereocenters. The number of carbonyl (C=O) groups excluding carboxylic acids is 2. The van der Waals surface area contributed by atoms with E-state index in [1.54, 1.807) is 54.6 Å². The second-order valence-electron chi connectivity index (χ2n) is 4.13. The zero-order valence-corrected chi connectivity index (χ0v) is 11.1. The third-order valence-corrected chi connectivity index (χ3v) is 2.61. The molecule has 2 aromatic carbocycles. The van der Waals surface area contributed by atoms with Crippen LogP contribution in [-0.4, -0.2) is 11.9 Å². The molecule has 0 heterocycles. The molecular weight excluding hydrogens is 268 g/mol. The van der Waals surface area contributed by atoms with Crippen molar-refractivity contribution < 1.29 is 14.3 Å². The number of nitriles is 1. The van der Waals surface area contributed by atoms with Gasteiger partial charge in [0.1, 0.15) is 12.2 Å². The van der Waals surface area contributed by atoms with Gasteiger partial charge in [0.2, 0.25) is 5.91 Å². The van der Waals surface area contributed by atoms with Crippen LogP contribution in [0, 0.1) is 11.3 Å². The number of amides is 1. The summed E-state index contributed by atoms with van der Waals surface area (Å²) in [5.74, 6) is -0.632. The average molecular weight is 280 g/mol. The second-order valence-corrected chi connectivity index (χ2v) is 4.13. The molecule has 1 N–H and O–H groups in total. The molecule has 2 rings (SSSR count). The maximum absolute atomic E-state index is 12.1. The zero-order valence-electron chi connectivity index (χ0n) is 11.1. The number of hydrogen-bond acceptors (Lipinski definition) is 4. The second kappa shape index (κ2) is 6.87. The molecule has 0 atom stereocenters. The van der Waals surface area contributed by atoms with Crippen molar-refractivity contribution in [2.45, 2.75) is 6.42 Å². The Morgan fingerprint density at radius 3 is 2.43 bits per heavy atom. The van der Waals surface area contributed by atoms with Crippen LogP contribution < -0.4 is 10.1 Å². The first-order chi connectivity index (χ1) is 10.2. The van der Waals surface area contributed by atoms with Crippen molar-refractivity contribution in [3.8, 4) is 11.8 Å². The third-order valence-electron chi connectivity index (χ3n) is 2.61. The van der Waals surface area contributed by atoms with Gasteiger partial charge in [-0.15, -0.1) is 0 Å². The van der Waals surface area contributed by atoms with Crippen molar-refractivity contribution in [1.82, 2.24) is 0 Å². The summed E-state index contributed by atoms with van der Waals surface area (Å²) in [7, 11) is 0. The quantitative estimate of drug-likeness (QED) is 0.690. The van der Waals surface area contributed by atoms with E-state index in [1.165, 1.54) is 0 Å². The van der Waals surface area contributed by atoms with Gasteiger partial charge in [0.15, 0.2) is 0 Å². The molecule has 21 heavy (non-hydrogen) atoms. The molecule has 0 bridgehead atoms. The van der Waals surface area contributed by atoms with Gasteiger partial charge in [0.25, 0.3) is 0 Å². The highest BCUT2D eigenvalue weighted by atomic mass is 16.5. The average Bonchev–Trinajstić information content (AvgIpc) is 2.49. The number of nitrogens with zero attached hydrogens (tertiary/aromatic N) is 1. The highest BCUT2D eigenvalue weighted by Crippen LogP contribution is 2.18. The minimum atomic E-state index is -0.575. The number of benzene rings is 2. The van der Waals surface area contributed by atoms with E-state index in [2.05, 4.69) is 5.32 Å². The van der Waals surface area contributed by atoms with Crippen LogP contribution in [0.15, 0.2) is 54.6 Å². The molecule has 0 aromatic heterocycles. The largest absolute Gasteiger partial charge is 0.423 e. The number of ether oxygens (including phenoxy) is 1. The fourth-order valence-electron chi connectivity index (χ4n) is 1.69. The Bertz CT molecular complexity index is 690. The normalized spacial score (nSPS) is 9.48. The lowest BCUT2D eigenvalue weighted by atomic mass is 10.1. The topological polar surface area (TPSA) is 79.2 Å². The molecule has 0 saturated carbocycles. The van der Waals surface area contributed by atoms with Gasteiger partial charge in [-0.1, -0.05) is 30.3 Å². The fraction of sp³-hybridized carbons (Fsp3) is 0.0625. The summed E-state index contributed by atoms with van der Waals surface area (Å²) in [6, 6.07) is 16.9. The number of esters is 1. The highest BCUT2D eigenvalue weighted by Gasteiger charge is 2.14. The van der Waals surface area contributed by atoms with Crippen LogP contribution in [0.2, 0.25) is 0 Å². The first-order valence-corrected chi connectivity index (χ1v) is 6.24. The molecule has 2 aromatic rings. The van der Waals surface area contributed by atoms with E-state index in [9.17, 15) is 9.59 Å². The van der Waals surface area contributed by atoms with Crippen molar-refractivity contribution in [3.05, 3.63) is 60.2 Å². The van der Waals surface area contributed by atoms with Gasteiger partial charge in [-0.3, -0.25) is 4.79 Å². The minimum absolute atomic E-state index is 0.229. The maximum Gasteiger partial charge on any atom is 0.345 e. The Kier molecular flexibility index (Phi) is 4.67. The van der Waals surface area contributed by atoms with E-state index in [0.717, 1.165) is 0 Å². The van der Waals surface area contributed by atoms with Crippen molar-refractivity contribution in [2.24, 2.45) is 0 Å². The minimum Gasteiger partial charge on any atom is -0.423 e. The van der Waals surface area contributed by atoms with E-state index in [-0.39, 0.29) is 12.0 Å². The predicted molar refractivity (Wildman–Crippen MR) is 76.7 cm³/mol. The molecular formula is C16H12N2O3. The van der Waals surface area contributed by atoms with Gasteiger partial charge in [-0.25, -0.2) is 4.79 Å². The van der Waals surface area contributed by atoms with Crippen molar-refractivity contribution in [3.63, 3.8) is 0 Å². The Morgan fingerprint density at radius 2 is 1.71 bits per heavy atom. The van der Waals surface area contributed by atoms with Crippen LogP contribution in [0.25, 0.3) is 0 Å². The summed E-state index contributed by atoms with van der Waals surface area (Å²) < 4.78 is 5.23. The summed E-state index contributed by atoms with van der Waals surface area (Å²) in [5, 5.41) is 11.0. The van der Waals surface area contributed by atoms with Crippen LogP contribution in [0.4, 0.5) is 5.69 Å². The standard InChI is InChI=1S/C16H12N2O3/c17-11-10-15(19)18-14-9-5-4-8-13(14)16(20)21-12-6-2-1-3-7-12/h1-9H,10H2,(H,18,19). The van der Waals surface area contributed by atoms with E-state index < -0.39 is 11.9 Å². The molecule has 0 aliphatic heterocycles. The van der Waals surface area contributed by atoms with Crippen LogP contribution in [-0.2, 0) is 4.79 Å². The first-order valence-electron chi connectivity index (χ1n) is 6.24. The Labute approximate surface area is 121 Å². The molecule has 1 amide bonds. The lowest BCUT2D eigenvalue weighted by Crippen LogP contribution is -2.16. The molecule has 0 fully saturated rings. The molecule has 0 aliphatic rings. The smallest absolute Gasteiger partial charge is 0.345 e. The van der Waals surface area contributed by atoms with Crippen LogP contribution in [0.1, 0.15) is 16.8 Å². The zero-order chi connectivity index (χ0) is 15.1. The van der Waals surface area contributed by atoms with E-state index in [4.69, 9.17) is 10.00 Å². The van der Waals surface area contributed by atoms with Gasteiger partial charge in [0.05, 0.1) is 17.3 Å². The first kappa shape index (κ1) is 14.3. The van der Waals surface area contributed by atoms with E-state index in [1.807, 2.05) is 6.07 Å². The molecule has 0 aliphatic carbocycles. The summed E-state index contributed by atoms with van der Waals surface area (Å²) in [4.78, 5) is 23.6. The summed E-state index contributed by atoms with van der Waals surface area (Å²) >= 11 is 0. The van der Waals surface area contributed by atoms with Crippen LogP contribution in [0.5, 0.6) is 5.75 Å². The fourth-order valence-corrected chi connectivity index (χ4v) is 1.69. The maximum atomic E-state index is 12.1. The number of para-hydroxylation sites is 2. The predicted octanol–water partition coefficient (Wildman–Crippen LogP) is 2.76. The van der Waals surface area contributed by atoms with Crippen molar-refractivity contribution >= 4 is 17.6 Å². The molecule has 5 nitrogen and oxygen atoms in total. The number of carbonyl (C=O) groups is 2. The number of hydrogen-bond donors (Lipinski definition) is 1. The highest BCUT2D eigenvalue weighted by molar-refractivity contribution is 6.02. The molecule has 5 heteroatoms. The monoisotopic (exact) mass is 280 g/mol. The van der Waals surface area contributed by atoms with Gasteiger partial charge < -0.3 is 10.1 Å². The van der Waals surface area contributed by atoms with E-state index >= 15 is 0 Å². The summed E-state index contributed by atoms with van der Waals surface area (Å²) in [6.07, 6.45) is -0.276. The number of anilines is 1. The SMILES string of the molecule is N#CCC(=O)Nc1ccccc1C(=O)Oc1ccccc1. The number of rotatable bonds is 4. The molecule has 0 radical (unpaired) electrons. The molecule has 0 saturated heterocycles. The van der Waals surface area contributed by atoms with Gasteiger partial charge in [-0.2, -0.15) is 5.26 Å². The molecule has 104 valence electrons. The van der Waals surface area contributed by atoms with Crippen molar-refractivity contribution in [1.29, 1.82) is 5.26 Å². The van der Waals surface area contributed by atoms with Crippen LogP contribution in [0.3, 0.4) is 0 Å². The number of nitrogens with one attached hydrogen (secondary N) is 1. The lowest BCUT2D eigenvalue weighted by Gasteiger charge is -2.09. The Morgan fingerprint density at radius 1 is 1.05 bits per heavy atom. The third kappa shape index (κ3) is 3.91. The van der Waals surface area contributed by atoms with Gasteiger partial charge >= 0.3 is 5.97 Å². The van der Waals surface area contributed by atoms with E-state index in [0.29, 0.717) is 11.4 Å². The Balaban J connectivity index is 2.18. The Hall–Kier alpha value is -3.13. The van der Waals surface area contributed by atoms with Crippen molar-refractivity contribution in [2.75, 3.05) is 5.32 Å². The van der Waals surface area contributed by atoms with Crippen LogP contribution >= 0.6 is 0 Å². The summed E-state index contributed by atoms with van der Waals surface area (Å²) in [5.41, 5.74) is 0.548. The van der Waals surface area contributed by atoms with Gasteiger partial charge in [0, 0.05) is 0 Å². The summed E-state index contributed by atoms with van der Waals surface area (Å²) in [6.45, 7) is 0.